The summed E-state index contributed by atoms with van der Waals surface area (Å²) in [5, 5.41) is 3.18. The van der Waals surface area contributed by atoms with Crippen molar-refractivity contribution in [3.63, 3.8) is 0 Å². The van der Waals surface area contributed by atoms with Crippen molar-refractivity contribution in [2.45, 2.75) is 25.8 Å². The van der Waals surface area contributed by atoms with E-state index in [2.05, 4.69) is 10.2 Å². The molecule has 0 radical (unpaired) electrons. The van der Waals surface area contributed by atoms with Gasteiger partial charge in [0.25, 0.3) is 11.8 Å². The van der Waals surface area contributed by atoms with Gasteiger partial charge in [0.2, 0.25) is 0 Å². The molecule has 158 valence electrons. The number of hydrogen-bond donors (Lipinski definition) is 1. The second-order valence-corrected chi connectivity index (χ2v) is 7.97. The Kier molecular flexibility index (Phi) is 6.33. The molecular weight excluding hydrogens is 378 g/mol. The number of carbonyl (C=O) groups is 2. The van der Waals surface area contributed by atoms with Crippen LogP contribution in [0.1, 0.15) is 39.1 Å². The molecule has 0 spiro atoms. The highest BCUT2D eigenvalue weighted by Crippen LogP contribution is 2.26. The Labute approximate surface area is 177 Å². The number of nitrogens with zero attached hydrogens (tertiary/aromatic N) is 2. The number of para-hydroxylation sites is 1. The van der Waals surface area contributed by atoms with Crippen molar-refractivity contribution in [3.05, 3.63) is 65.2 Å². The van der Waals surface area contributed by atoms with Gasteiger partial charge in [-0.15, -0.1) is 0 Å². The molecule has 2 amide bonds. The van der Waals surface area contributed by atoms with E-state index in [-0.39, 0.29) is 17.9 Å². The number of nitrogens with one attached hydrogen (secondary N) is 1. The van der Waals surface area contributed by atoms with Crippen LogP contribution in [-0.4, -0.2) is 62.1 Å². The molecule has 0 unspecified atom stereocenters. The molecule has 0 saturated carbocycles. The highest BCUT2D eigenvalue weighted by atomic mass is 16.5. The molecule has 1 N–H and O–H groups in total. The van der Waals surface area contributed by atoms with E-state index in [9.17, 15) is 9.59 Å². The third-order valence-electron chi connectivity index (χ3n) is 5.99. The highest BCUT2D eigenvalue weighted by molar-refractivity contribution is 6.00. The molecule has 30 heavy (non-hydrogen) atoms. The molecule has 0 bridgehead atoms. The average molecular weight is 408 g/mol. The number of hydrogen-bond acceptors (Lipinski definition) is 4. The Morgan fingerprint density at radius 3 is 2.23 bits per heavy atom. The minimum Gasteiger partial charge on any atom is -0.378 e. The summed E-state index contributed by atoms with van der Waals surface area (Å²) < 4.78 is 5.38. The molecule has 2 aliphatic heterocycles. The van der Waals surface area contributed by atoms with Gasteiger partial charge in [0.05, 0.1) is 18.8 Å². The third kappa shape index (κ3) is 4.49. The second kappa shape index (κ2) is 9.30. The first kappa shape index (κ1) is 20.4. The van der Waals surface area contributed by atoms with Crippen molar-refractivity contribution in [2.24, 2.45) is 0 Å². The zero-order valence-corrected chi connectivity index (χ0v) is 17.5. The fourth-order valence-corrected chi connectivity index (χ4v) is 4.22. The van der Waals surface area contributed by atoms with Crippen LogP contribution in [0.5, 0.6) is 0 Å². The first-order valence-electron chi connectivity index (χ1n) is 10.7. The minimum absolute atomic E-state index is 0.00514. The molecule has 6 nitrogen and oxygen atoms in total. The lowest BCUT2D eigenvalue weighted by atomic mass is 10.0. The molecule has 4 rings (SSSR count). The first-order chi connectivity index (χ1) is 14.6. The summed E-state index contributed by atoms with van der Waals surface area (Å²) in [4.78, 5) is 29.8. The molecule has 0 atom stereocenters. The fraction of sp³-hybridized carbons (Fsp3) is 0.417. The quantitative estimate of drug-likeness (QED) is 0.847. The molecule has 0 aliphatic carbocycles. The molecular formula is C24H29N3O3. The van der Waals surface area contributed by atoms with Gasteiger partial charge in [-0.3, -0.25) is 9.59 Å². The van der Waals surface area contributed by atoms with Gasteiger partial charge in [0.15, 0.2) is 0 Å². The van der Waals surface area contributed by atoms with Crippen LogP contribution in [-0.2, 0) is 4.74 Å². The van der Waals surface area contributed by atoms with Gasteiger partial charge >= 0.3 is 0 Å². The maximum Gasteiger partial charge on any atom is 0.256 e. The molecule has 2 heterocycles. The van der Waals surface area contributed by atoms with E-state index < -0.39 is 0 Å². The summed E-state index contributed by atoms with van der Waals surface area (Å²) in [6.45, 7) is 6.05. The van der Waals surface area contributed by atoms with Crippen molar-refractivity contribution in [1.82, 2.24) is 10.2 Å². The number of amides is 2. The zero-order valence-electron chi connectivity index (χ0n) is 17.5. The van der Waals surface area contributed by atoms with Crippen LogP contribution in [0.25, 0.3) is 0 Å². The molecule has 6 heteroatoms. The minimum atomic E-state index is -0.00514. The van der Waals surface area contributed by atoms with E-state index in [1.165, 1.54) is 0 Å². The van der Waals surface area contributed by atoms with Crippen LogP contribution in [0.15, 0.2) is 48.5 Å². The summed E-state index contributed by atoms with van der Waals surface area (Å²) >= 11 is 0. The summed E-state index contributed by atoms with van der Waals surface area (Å²) in [7, 11) is 0. The van der Waals surface area contributed by atoms with Crippen LogP contribution in [0.3, 0.4) is 0 Å². The van der Waals surface area contributed by atoms with E-state index in [0.29, 0.717) is 26.3 Å². The Hall–Kier alpha value is -2.86. The SMILES string of the molecule is Cc1ccccc1C(=O)NC1CCN(c2ccccc2C(=O)N2CCOCC2)CC1. The first-order valence-corrected chi connectivity index (χ1v) is 10.7. The topological polar surface area (TPSA) is 61.9 Å². The number of ether oxygens (including phenoxy) is 1. The maximum absolute atomic E-state index is 13.0. The van der Waals surface area contributed by atoms with Gasteiger partial charge in [0, 0.05) is 43.5 Å². The second-order valence-electron chi connectivity index (χ2n) is 7.97. The number of carbonyl (C=O) groups excluding carboxylic acids is 2. The van der Waals surface area contributed by atoms with Gasteiger partial charge < -0.3 is 19.9 Å². The predicted octanol–water partition coefficient (Wildman–Crippen LogP) is 2.87. The number of anilines is 1. The van der Waals surface area contributed by atoms with Crippen molar-refractivity contribution in [1.29, 1.82) is 0 Å². The predicted molar refractivity (Wildman–Crippen MR) is 117 cm³/mol. The van der Waals surface area contributed by atoms with Crippen LogP contribution < -0.4 is 10.2 Å². The van der Waals surface area contributed by atoms with Gasteiger partial charge in [0.1, 0.15) is 0 Å². The smallest absolute Gasteiger partial charge is 0.256 e. The lowest BCUT2D eigenvalue weighted by Gasteiger charge is -2.36. The van der Waals surface area contributed by atoms with Gasteiger partial charge in [-0.05, 0) is 43.5 Å². The van der Waals surface area contributed by atoms with Crippen LogP contribution >= 0.6 is 0 Å². The average Bonchev–Trinajstić information content (AvgIpc) is 2.80. The standard InChI is InChI=1S/C24H29N3O3/c1-18-6-2-3-7-20(18)23(28)25-19-10-12-26(13-11-19)22-9-5-4-8-21(22)24(29)27-14-16-30-17-15-27/h2-9,19H,10-17H2,1H3,(H,25,28). The zero-order chi connectivity index (χ0) is 20.9. The Bertz CT molecular complexity index is 900. The highest BCUT2D eigenvalue weighted by Gasteiger charge is 2.26. The van der Waals surface area contributed by atoms with Crippen molar-refractivity contribution >= 4 is 17.5 Å². The van der Waals surface area contributed by atoms with E-state index in [4.69, 9.17) is 4.74 Å². The number of aryl methyl sites for hydroxylation is 1. The molecule has 2 aromatic carbocycles. The summed E-state index contributed by atoms with van der Waals surface area (Å²) in [5.74, 6) is 0.0679. The lowest BCUT2D eigenvalue weighted by Crippen LogP contribution is -2.46. The third-order valence-corrected chi connectivity index (χ3v) is 5.99. The van der Waals surface area contributed by atoms with Gasteiger partial charge in [-0.1, -0.05) is 30.3 Å². The fourth-order valence-electron chi connectivity index (χ4n) is 4.22. The van der Waals surface area contributed by atoms with Gasteiger partial charge in [-0.25, -0.2) is 0 Å². The Morgan fingerprint density at radius 2 is 1.53 bits per heavy atom. The summed E-state index contributed by atoms with van der Waals surface area (Å²) in [6.07, 6.45) is 1.72. The number of piperidine rings is 1. The molecule has 2 saturated heterocycles. The molecule has 2 aromatic rings. The number of benzene rings is 2. The number of rotatable bonds is 4. The lowest BCUT2D eigenvalue weighted by molar-refractivity contribution is 0.0303. The Balaban J connectivity index is 1.39. The molecule has 0 aromatic heterocycles. The van der Waals surface area contributed by atoms with E-state index in [0.717, 1.165) is 48.3 Å². The normalized spacial score (nSPS) is 17.6. The van der Waals surface area contributed by atoms with Crippen molar-refractivity contribution in [3.8, 4) is 0 Å². The van der Waals surface area contributed by atoms with Crippen LogP contribution in [0.4, 0.5) is 5.69 Å². The maximum atomic E-state index is 13.0. The number of morpholine rings is 1. The molecule has 2 fully saturated rings. The van der Waals surface area contributed by atoms with E-state index in [1.807, 2.05) is 60.4 Å². The summed E-state index contributed by atoms with van der Waals surface area (Å²) in [6, 6.07) is 15.7. The Morgan fingerprint density at radius 1 is 0.900 bits per heavy atom. The van der Waals surface area contributed by atoms with E-state index in [1.54, 1.807) is 0 Å². The monoisotopic (exact) mass is 407 g/mol. The van der Waals surface area contributed by atoms with E-state index >= 15 is 0 Å². The largest absolute Gasteiger partial charge is 0.378 e. The summed E-state index contributed by atoms with van der Waals surface area (Å²) in [5.41, 5.74) is 3.46. The van der Waals surface area contributed by atoms with Crippen LogP contribution in [0, 0.1) is 6.92 Å². The van der Waals surface area contributed by atoms with Crippen molar-refractivity contribution < 1.29 is 14.3 Å². The molecule has 2 aliphatic rings. The van der Waals surface area contributed by atoms with Crippen molar-refractivity contribution in [2.75, 3.05) is 44.3 Å². The van der Waals surface area contributed by atoms with Crippen LogP contribution in [0.2, 0.25) is 0 Å². The van der Waals surface area contributed by atoms with Gasteiger partial charge in [-0.2, -0.15) is 0 Å².